The molecule has 4 heterocycles. The third-order valence-electron chi connectivity index (χ3n) is 5.62. The highest BCUT2D eigenvalue weighted by molar-refractivity contribution is 5.99. The maximum absolute atomic E-state index is 13.1. The van der Waals surface area contributed by atoms with E-state index in [1.165, 1.54) is 6.33 Å². The summed E-state index contributed by atoms with van der Waals surface area (Å²) in [5.74, 6) is -5.29. The van der Waals surface area contributed by atoms with Crippen molar-refractivity contribution in [2.45, 2.75) is 38.2 Å². The zero-order valence-electron chi connectivity index (χ0n) is 19.6. The van der Waals surface area contributed by atoms with Crippen molar-refractivity contribution in [1.82, 2.24) is 19.9 Å². The first-order valence-corrected chi connectivity index (χ1v) is 11.0. The van der Waals surface area contributed by atoms with E-state index in [1.54, 1.807) is 12.4 Å². The molecule has 1 unspecified atom stereocenters. The number of halogens is 6. The van der Waals surface area contributed by atoms with E-state index >= 15 is 0 Å². The van der Waals surface area contributed by atoms with Crippen molar-refractivity contribution >= 4 is 23.5 Å². The molecule has 4 rings (SSSR count). The molecule has 0 saturated carbocycles. The molecule has 2 aliphatic rings. The lowest BCUT2D eigenvalue weighted by Gasteiger charge is -2.38. The van der Waals surface area contributed by atoms with Gasteiger partial charge in [0, 0.05) is 25.8 Å². The fourth-order valence-electron chi connectivity index (χ4n) is 3.96. The summed E-state index contributed by atoms with van der Waals surface area (Å²) in [6.45, 7) is 3.40. The van der Waals surface area contributed by atoms with Crippen LogP contribution < -0.4 is 4.90 Å². The van der Waals surface area contributed by atoms with Crippen LogP contribution in [0, 0.1) is 5.41 Å². The molecule has 208 valence electrons. The number of carboxylic acids is 2. The van der Waals surface area contributed by atoms with Crippen molar-refractivity contribution in [3.05, 3.63) is 48.8 Å². The molecule has 1 atom stereocenters. The summed E-state index contributed by atoms with van der Waals surface area (Å²) in [6.07, 6.45) is -0.482. The zero-order chi connectivity index (χ0) is 28.6. The molecule has 2 aromatic heterocycles. The lowest BCUT2D eigenvalue weighted by molar-refractivity contribution is -0.193. The summed E-state index contributed by atoms with van der Waals surface area (Å²) >= 11 is 0. The average molecular weight is 551 g/mol. The summed E-state index contributed by atoms with van der Waals surface area (Å²) in [5, 5.41) is 14.2. The monoisotopic (exact) mass is 551 g/mol. The number of pyridine rings is 1. The minimum absolute atomic E-state index is 0.225. The largest absolute Gasteiger partial charge is 0.490 e. The van der Waals surface area contributed by atoms with Crippen LogP contribution in [0.15, 0.2) is 43.1 Å². The molecule has 2 fully saturated rings. The second kappa shape index (κ2) is 12.6. The SMILES string of the molecule is O=C(O)C(F)(F)F.O=C(O)C(F)(F)F.O=C1N(c2cncnc2)CCC12CCCN(Cc1ccccn1)C2. The lowest BCUT2D eigenvalue weighted by Crippen LogP contribution is -2.47. The number of nitrogens with zero attached hydrogens (tertiary/aromatic N) is 5. The van der Waals surface area contributed by atoms with Gasteiger partial charge < -0.3 is 15.1 Å². The summed E-state index contributed by atoms with van der Waals surface area (Å²) < 4.78 is 63.5. The van der Waals surface area contributed by atoms with Gasteiger partial charge in [0.2, 0.25) is 5.91 Å². The maximum atomic E-state index is 13.1. The normalized spacial score (nSPS) is 19.7. The number of likely N-dealkylation sites (tertiary alicyclic amines) is 1. The van der Waals surface area contributed by atoms with Crippen molar-refractivity contribution in [2.24, 2.45) is 5.41 Å². The van der Waals surface area contributed by atoms with Gasteiger partial charge in [-0.3, -0.25) is 14.7 Å². The number of carbonyl (C=O) groups excluding carboxylic acids is 1. The summed E-state index contributed by atoms with van der Waals surface area (Å²) in [4.78, 5) is 47.6. The van der Waals surface area contributed by atoms with Crippen LogP contribution in [0.3, 0.4) is 0 Å². The van der Waals surface area contributed by atoms with Crippen molar-refractivity contribution in [3.8, 4) is 0 Å². The second-order valence-corrected chi connectivity index (χ2v) is 8.32. The Morgan fingerprint density at radius 2 is 1.53 bits per heavy atom. The van der Waals surface area contributed by atoms with Gasteiger partial charge in [-0.1, -0.05) is 6.07 Å². The molecular formula is C22H23F6N5O5. The van der Waals surface area contributed by atoms with Crippen LogP contribution >= 0.6 is 0 Å². The average Bonchev–Trinajstić information content (AvgIpc) is 3.15. The lowest BCUT2D eigenvalue weighted by atomic mass is 9.78. The Hall–Kier alpha value is -3.82. The van der Waals surface area contributed by atoms with E-state index in [9.17, 15) is 31.1 Å². The molecule has 1 amide bonds. The molecule has 38 heavy (non-hydrogen) atoms. The fraction of sp³-hybridized carbons (Fsp3) is 0.455. The highest BCUT2D eigenvalue weighted by atomic mass is 19.4. The van der Waals surface area contributed by atoms with E-state index in [-0.39, 0.29) is 11.3 Å². The minimum Gasteiger partial charge on any atom is -0.475 e. The topological polar surface area (TPSA) is 137 Å². The number of aliphatic carboxylic acids is 2. The van der Waals surface area contributed by atoms with Crippen molar-refractivity contribution in [2.75, 3.05) is 24.5 Å². The highest BCUT2D eigenvalue weighted by Gasteiger charge is 2.49. The van der Waals surface area contributed by atoms with E-state index in [0.29, 0.717) is 0 Å². The summed E-state index contributed by atoms with van der Waals surface area (Å²) in [6, 6.07) is 5.99. The van der Waals surface area contributed by atoms with E-state index < -0.39 is 24.3 Å². The third-order valence-corrected chi connectivity index (χ3v) is 5.62. The molecule has 0 bridgehead atoms. The quantitative estimate of drug-likeness (QED) is 0.551. The van der Waals surface area contributed by atoms with Crippen LogP contribution in [-0.4, -0.2) is 79.9 Å². The Balaban J connectivity index is 0.000000301. The molecule has 2 aliphatic heterocycles. The van der Waals surface area contributed by atoms with Crippen LogP contribution in [0.5, 0.6) is 0 Å². The zero-order valence-corrected chi connectivity index (χ0v) is 19.6. The van der Waals surface area contributed by atoms with E-state index in [0.717, 1.165) is 56.8 Å². The highest BCUT2D eigenvalue weighted by Crippen LogP contribution is 2.41. The summed E-state index contributed by atoms with van der Waals surface area (Å²) in [5.41, 5.74) is 1.61. The van der Waals surface area contributed by atoms with Crippen molar-refractivity contribution < 1.29 is 50.9 Å². The molecule has 0 aromatic carbocycles. The van der Waals surface area contributed by atoms with Gasteiger partial charge in [-0.25, -0.2) is 19.6 Å². The first-order chi connectivity index (χ1) is 17.7. The number of carbonyl (C=O) groups is 3. The van der Waals surface area contributed by atoms with Gasteiger partial charge >= 0.3 is 24.3 Å². The molecule has 1 spiro atoms. The third kappa shape index (κ3) is 8.64. The van der Waals surface area contributed by atoms with Gasteiger partial charge in [-0.05, 0) is 37.9 Å². The van der Waals surface area contributed by atoms with E-state index in [2.05, 4.69) is 19.9 Å². The van der Waals surface area contributed by atoms with Gasteiger partial charge in [-0.2, -0.15) is 26.3 Å². The number of alkyl halides is 6. The predicted molar refractivity (Wildman–Crippen MR) is 118 cm³/mol. The fourth-order valence-corrected chi connectivity index (χ4v) is 3.96. The molecule has 16 heteroatoms. The smallest absolute Gasteiger partial charge is 0.475 e. The Bertz CT molecular complexity index is 1060. The number of anilines is 1. The van der Waals surface area contributed by atoms with Gasteiger partial charge in [-0.15, -0.1) is 0 Å². The number of hydrogen-bond acceptors (Lipinski definition) is 7. The van der Waals surface area contributed by atoms with Crippen LogP contribution in [0.25, 0.3) is 0 Å². The van der Waals surface area contributed by atoms with E-state index in [4.69, 9.17) is 19.8 Å². The number of amides is 1. The number of piperidine rings is 1. The van der Waals surface area contributed by atoms with Crippen molar-refractivity contribution in [3.63, 3.8) is 0 Å². The van der Waals surface area contributed by atoms with Crippen LogP contribution in [0.2, 0.25) is 0 Å². The van der Waals surface area contributed by atoms with Crippen LogP contribution in [-0.2, 0) is 20.9 Å². The van der Waals surface area contributed by atoms with E-state index in [1.807, 2.05) is 29.3 Å². The Kier molecular flexibility index (Phi) is 10.1. The number of carboxylic acid groups (broad SMARTS) is 2. The second-order valence-electron chi connectivity index (χ2n) is 8.32. The molecule has 0 radical (unpaired) electrons. The molecular weight excluding hydrogens is 528 g/mol. The van der Waals surface area contributed by atoms with Crippen LogP contribution in [0.1, 0.15) is 25.0 Å². The molecule has 2 N–H and O–H groups in total. The Morgan fingerprint density at radius 3 is 2.03 bits per heavy atom. The Morgan fingerprint density at radius 1 is 0.947 bits per heavy atom. The van der Waals surface area contributed by atoms with Gasteiger partial charge in [0.15, 0.2) is 0 Å². The van der Waals surface area contributed by atoms with Gasteiger partial charge in [0.1, 0.15) is 6.33 Å². The van der Waals surface area contributed by atoms with Gasteiger partial charge in [0.05, 0.1) is 29.2 Å². The molecule has 2 saturated heterocycles. The number of aromatic nitrogens is 3. The minimum atomic E-state index is -5.08. The van der Waals surface area contributed by atoms with Gasteiger partial charge in [0.25, 0.3) is 0 Å². The van der Waals surface area contributed by atoms with Crippen LogP contribution in [0.4, 0.5) is 32.0 Å². The predicted octanol–water partition coefficient (Wildman–Crippen LogP) is 3.16. The van der Waals surface area contributed by atoms with Crippen molar-refractivity contribution in [1.29, 1.82) is 0 Å². The molecule has 10 nitrogen and oxygen atoms in total. The number of hydrogen-bond donors (Lipinski definition) is 2. The standard InChI is InChI=1S/C18H21N5O.2C2HF3O2/c24-17-18(6-9-23(17)16-10-19-14-20-11-16)5-3-8-22(13-18)12-15-4-1-2-7-21-15;2*3-2(4,5)1(6)7/h1-2,4,7,10-11,14H,3,5-6,8-9,12-13H2;2*(H,6,7). The number of rotatable bonds is 3. The molecule has 2 aromatic rings. The Labute approximate surface area is 211 Å². The first-order valence-electron chi connectivity index (χ1n) is 11.0. The molecule has 0 aliphatic carbocycles. The summed E-state index contributed by atoms with van der Waals surface area (Å²) in [7, 11) is 0. The maximum Gasteiger partial charge on any atom is 0.490 e. The first kappa shape index (κ1) is 30.4.